The Bertz CT molecular complexity index is 523. The molecule has 0 aliphatic heterocycles. The van der Waals surface area contributed by atoms with Crippen LogP contribution in [0.15, 0.2) is 24.3 Å². The van der Waals surface area contributed by atoms with E-state index in [1.807, 2.05) is 0 Å². The van der Waals surface area contributed by atoms with Gasteiger partial charge in [-0.25, -0.2) is 9.59 Å². The molecule has 0 N–H and O–H groups in total. The highest BCUT2D eigenvalue weighted by atomic mass is 16.6. The molecule has 5 heteroatoms. The number of carbonyl (C=O) groups excluding carboxylic acids is 2. The van der Waals surface area contributed by atoms with Gasteiger partial charge in [0.2, 0.25) is 0 Å². The third-order valence-corrected chi connectivity index (χ3v) is 2.03. The minimum atomic E-state index is -0.719. The predicted octanol–water partition coefficient (Wildman–Crippen LogP) is 2.32. The average Bonchev–Trinajstić information content (AvgIpc) is 2.34. The van der Waals surface area contributed by atoms with Crippen LogP contribution in [-0.4, -0.2) is 24.1 Å². The molecule has 0 saturated heterocycles. The monoisotopic (exact) mass is 261 g/mol. The number of carbonyl (C=O) groups is 2. The zero-order valence-electron chi connectivity index (χ0n) is 11.1. The standard InChI is InChI=1S/C14H15NO4/c1-14(2,3)19-13(17)11-7-5-4-6-10(11)12(16)18-9-8-15/h4-7H,9H2,1-3H3. The predicted molar refractivity (Wildman–Crippen MR) is 67.5 cm³/mol. The number of esters is 2. The van der Waals surface area contributed by atoms with Crippen molar-refractivity contribution >= 4 is 11.9 Å². The number of nitrogens with zero attached hydrogens (tertiary/aromatic N) is 1. The molecule has 100 valence electrons. The lowest BCUT2D eigenvalue weighted by molar-refractivity contribution is 0.00648. The molecule has 1 rings (SSSR count). The number of nitriles is 1. The lowest BCUT2D eigenvalue weighted by atomic mass is 10.1. The van der Waals surface area contributed by atoms with Crippen molar-refractivity contribution in [3.8, 4) is 6.07 Å². The van der Waals surface area contributed by atoms with Crippen molar-refractivity contribution in [3.63, 3.8) is 0 Å². The quantitative estimate of drug-likeness (QED) is 0.780. The molecule has 1 aromatic carbocycles. The van der Waals surface area contributed by atoms with Crippen molar-refractivity contribution in [2.45, 2.75) is 26.4 Å². The molecule has 0 aliphatic carbocycles. The second kappa shape index (κ2) is 6.01. The Morgan fingerprint density at radius 2 is 1.68 bits per heavy atom. The first kappa shape index (κ1) is 14.7. The maximum atomic E-state index is 12.0. The number of ether oxygens (including phenoxy) is 2. The Hall–Kier alpha value is -2.35. The van der Waals surface area contributed by atoms with Gasteiger partial charge < -0.3 is 9.47 Å². The maximum absolute atomic E-state index is 12.0. The minimum absolute atomic E-state index is 0.0898. The van der Waals surface area contributed by atoms with Gasteiger partial charge in [0.05, 0.1) is 11.1 Å². The fourth-order valence-electron chi connectivity index (χ4n) is 1.35. The molecule has 5 nitrogen and oxygen atoms in total. The van der Waals surface area contributed by atoms with Gasteiger partial charge >= 0.3 is 11.9 Å². The van der Waals surface area contributed by atoms with Crippen LogP contribution in [0.1, 0.15) is 41.5 Å². The molecule has 0 aromatic heterocycles. The summed E-state index contributed by atoms with van der Waals surface area (Å²) in [6.45, 7) is 4.85. The molecular formula is C14H15NO4. The van der Waals surface area contributed by atoms with Gasteiger partial charge in [0.15, 0.2) is 6.61 Å². The van der Waals surface area contributed by atoms with Gasteiger partial charge in [0.25, 0.3) is 0 Å². The van der Waals surface area contributed by atoms with E-state index in [4.69, 9.17) is 14.7 Å². The molecular weight excluding hydrogens is 246 g/mol. The Kier molecular flexibility index (Phi) is 4.65. The fourth-order valence-corrected chi connectivity index (χ4v) is 1.35. The first-order chi connectivity index (χ1) is 8.85. The normalized spacial score (nSPS) is 10.4. The molecule has 0 spiro atoms. The van der Waals surface area contributed by atoms with E-state index in [0.717, 1.165) is 0 Å². The average molecular weight is 261 g/mol. The van der Waals surface area contributed by atoms with Crippen molar-refractivity contribution in [3.05, 3.63) is 35.4 Å². The van der Waals surface area contributed by atoms with Crippen LogP contribution in [0.4, 0.5) is 0 Å². The first-order valence-electron chi connectivity index (χ1n) is 5.71. The summed E-state index contributed by atoms with van der Waals surface area (Å²) in [5, 5.41) is 8.37. The van der Waals surface area contributed by atoms with Gasteiger partial charge in [-0.05, 0) is 32.9 Å². The number of rotatable bonds is 3. The second-order valence-corrected chi connectivity index (χ2v) is 4.78. The van der Waals surface area contributed by atoms with E-state index in [9.17, 15) is 9.59 Å². The van der Waals surface area contributed by atoms with E-state index in [-0.39, 0.29) is 17.7 Å². The molecule has 0 bridgehead atoms. The van der Waals surface area contributed by atoms with Crippen LogP contribution < -0.4 is 0 Å². The van der Waals surface area contributed by atoms with E-state index < -0.39 is 17.5 Å². The lowest BCUT2D eigenvalue weighted by Gasteiger charge is -2.20. The molecule has 0 aliphatic rings. The fraction of sp³-hybridized carbons (Fsp3) is 0.357. The molecule has 0 amide bonds. The van der Waals surface area contributed by atoms with Crippen molar-refractivity contribution in [1.29, 1.82) is 5.26 Å². The van der Waals surface area contributed by atoms with Crippen LogP contribution >= 0.6 is 0 Å². The summed E-state index contributed by atoms with van der Waals surface area (Å²) in [5.74, 6) is -1.32. The Balaban J connectivity index is 2.99. The van der Waals surface area contributed by atoms with Gasteiger partial charge in [0, 0.05) is 0 Å². The van der Waals surface area contributed by atoms with Crippen LogP contribution in [0, 0.1) is 11.3 Å². The molecule has 19 heavy (non-hydrogen) atoms. The van der Waals surface area contributed by atoms with Crippen molar-refractivity contribution < 1.29 is 19.1 Å². The first-order valence-corrected chi connectivity index (χ1v) is 5.71. The summed E-state index contributed by atoms with van der Waals surface area (Å²) in [5.41, 5.74) is -0.437. The molecule has 0 heterocycles. The molecule has 0 fully saturated rings. The van der Waals surface area contributed by atoms with E-state index in [1.54, 1.807) is 39.0 Å². The van der Waals surface area contributed by atoms with Gasteiger partial charge in [0.1, 0.15) is 11.7 Å². The summed E-state index contributed by atoms with van der Waals surface area (Å²) in [6.07, 6.45) is 0. The topological polar surface area (TPSA) is 76.4 Å². The van der Waals surface area contributed by atoms with Gasteiger partial charge in [-0.2, -0.15) is 5.26 Å². The van der Waals surface area contributed by atoms with Crippen molar-refractivity contribution in [2.75, 3.05) is 6.61 Å². The van der Waals surface area contributed by atoms with Crippen LogP contribution in [0.3, 0.4) is 0 Å². The third kappa shape index (κ3) is 4.43. The summed E-state index contributed by atoms with van der Waals surface area (Å²) < 4.78 is 9.90. The lowest BCUT2D eigenvalue weighted by Crippen LogP contribution is -2.25. The highest BCUT2D eigenvalue weighted by Gasteiger charge is 2.23. The van der Waals surface area contributed by atoms with Crippen LogP contribution in [-0.2, 0) is 9.47 Å². The summed E-state index contributed by atoms with van der Waals surface area (Å²) in [6, 6.07) is 7.87. The van der Waals surface area contributed by atoms with Gasteiger partial charge in [-0.3, -0.25) is 0 Å². The highest BCUT2D eigenvalue weighted by Crippen LogP contribution is 2.16. The maximum Gasteiger partial charge on any atom is 0.340 e. The summed E-state index contributed by atoms with van der Waals surface area (Å²) in [4.78, 5) is 23.7. The second-order valence-electron chi connectivity index (χ2n) is 4.78. The SMILES string of the molecule is CC(C)(C)OC(=O)c1ccccc1C(=O)OCC#N. The number of hydrogen-bond acceptors (Lipinski definition) is 5. The number of benzene rings is 1. The van der Waals surface area contributed by atoms with E-state index in [2.05, 4.69) is 0 Å². The Morgan fingerprint density at radius 1 is 1.16 bits per heavy atom. The van der Waals surface area contributed by atoms with Crippen LogP contribution in [0.25, 0.3) is 0 Å². The van der Waals surface area contributed by atoms with Crippen molar-refractivity contribution in [1.82, 2.24) is 0 Å². The minimum Gasteiger partial charge on any atom is -0.456 e. The smallest absolute Gasteiger partial charge is 0.340 e. The Morgan fingerprint density at radius 3 is 2.16 bits per heavy atom. The zero-order chi connectivity index (χ0) is 14.5. The zero-order valence-corrected chi connectivity index (χ0v) is 11.1. The summed E-state index contributed by atoms with van der Waals surface area (Å²) >= 11 is 0. The Labute approximate surface area is 111 Å². The molecule has 0 unspecified atom stereocenters. The number of hydrogen-bond donors (Lipinski definition) is 0. The van der Waals surface area contributed by atoms with Gasteiger partial charge in [-0.15, -0.1) is 0 Å². The van der Waals surface area contributed by atoms with E-state index in [1.165, 1.54) is 12.1 Å². The van der Waals surface area contributed by atoms with Crippen LogP contribution in [0.2, 0.25) is 0 Å². The van der Waals surface area contributed by atoms with E-state index in [0.29, 0.717) is 0 Å². The van der Waals surface area contributed by atoms with Crippen LogP contribution in [0.5, 0.6) is 0 Å². The molecule has 0 atom stereocenters. The van der Waals surface area contributed by atoms with Crippen molar-refractivity contribution in [2.24, 2.45) is 0 Å². The third-order valence-electron chi connectivity index (χ3n) is 2.03. The summed E-state index contributed by atoms with van der Waals surface area (Å²) in [7, 11) is 0. The van der Waals surface area contributed by atoms with E-state index >= 15 is 0 Å². The molecule has 0 radical (unpaired) electrons. The van der Waals surface area contributed by atoms with Gasteiger partial charge in [-0.1, -0.05) is 12.1 Å². The largest absolute Gasteiger partial charge is 0.456 e. The molecule has 1 aromatic rings. The molecule has 0 saturated carbocycles. The highest BCUT2D eigenvalue weighted by molar-refractivity contribution is 6.03.